The Morgan fingerprint density at radius 2 is 1.65 bits per heavy atom. The second-order valence-corrected chi connectivity index (χ2v) is 11.8. The molecule has 4 aliphatic rings. The summed E-state index contributed by atoms with van der Waals surface area (Å²) in [5.74, 6) is -7.55. The molecule has 0 aromatic rings. The maximum absolute atomic E-state index is 17.8. The Morgan fingerprint density at radius 1 is 1.03 bits per heavy atom. The minimum atomic E-state index is -2.49. The molecule has 4 rings (SSSR count). The van der Waals surface area contributed by atoms with Crippen LogP contribution in [-0.4, -0.2) is 67.6 Å². The van der Waals surface area contributed by atoms with Crippen LogP contribution in [0.15, 0.2) is 11.6 Å². The standard InChI is InChI=1S/C27H35FO9/c1-24-12-20(31)27(28)18(17(24)9-10-26(24,37)21(32)13-29)5-3-14-11-19(30)15(4-7-22(33)34)16(25(14,27)2)6-8-23(35)36/h11,15-18,29,37H,3-10,12-13H2,1-2H3,(H,33,34)(H,35,36)/t15?,16?,17-,18-,24-,25+,26-,27-/m0/s1. The number of hydrogen-bond donors (Lipinski definition) is 4. The first-order chi connectivity index (χ1) is 17.2. The van der Waals surface area contributed by atoms with Crippen molar-refractivity contribution in [2.75, 3.05) is 6.61 Å². The number of aliphatic hydroxyl groups excluding tert-OH is 1. The number of carboxylic acid groups (broad SMARTS) is 2. The van der Waals surface area contributed by atoms with E-state index in [2.05, 4.69) is 0 Å². The molecule has 4 N–H and O–H groups in total. The summed E-state index contributed by atoms with van der Waals surface area (Å²) in [5, 5.41) is 39.5. The molecule has 0 aromatic carbocycles. The zero-order valence-electron chi connectivity index (χ0n) is 21.2. The van der Waals surface area contributed by atoms with Gasteiger partial charge in [0, 0.05) is 41.9 Å². The molecule has 10 heteroatoms. The average molecular weight is 523 g/mol. The first-order valence-electron chi connectivity index (χ1n) is 13.0. The number of carboxylic acids is 2. The normalized spacial score (nSPS) is 42.9. The molecule has 8 atom stereocenters. The third-order valence-corrected chi connectivity index (χ3v) is 10.5. The van der Waals surface area contributed by atoms with Gasteiger partial charge in [-0.25, -0.2) is 4.39 Å². The second-order valence-electron chi connectivity index (χ2n) is 11.8. The number of carbonyl (C=O) groups is 5. The molecule has 0 amide bonds. The van der Waals surface area contributed by atoms with Gasteiger partial charge in [-0.1, -0.05) is 19.4 Å². The Hall–Kier alpha value is -2.46. The highest BCUT2D eigenvalue weighted by molar-refractivity contribution is 5.98. The smallest absolute Gasteiger partial charge is 0.303 e. The summed E-state index contributed by atoms with van der Waals surface area (Å²) in [6.45, 7) is 2.28. The van der Waals surface area contributed by atoms with Gasteiger partial charge in [-0.15, -0.1) is 0 Å². The molecule has 0 heterocycles. The summed E-state index contributed by atoms with van der Waals surface area (Å²) < 4.78 is 17.8. The Balaban J connectivity index is 1.83. The van der Waals surface area contributed by atoms with Crippen LogP contribution in [0.4, 0.5) is 4.39 Å². The van der Waals surface area contributed by atoms with Crippen LogP contribution in [0.1, 0.15) is 71.6 Å². The van der Waals surface area contributed by atoms with Gasteiger partial charge in [0.15, 0.2) is 23.0 Å². The lowest BCUT2D eigenvalue weighted by atomic mass is 9.41. The Bertz CT molecular complexity index is 1080. The van der Waals surface area contributed by atoms with Gasteiger partial charge in [-0.3, -0.25) is 24.0 Å². The zero-order chi connectivity index (χ0) is 27.6. The van der Waals surface area contributed by atoms with Crippen molar-refractivity contribution in [1.82, 2.24) is 0 Å². The predicted octanol–water partition coefficient (Wildman–Crippen LogP) is 2.26. The number of ketones is 3. The van der Waals surface area contributed by atoms with E-state index in [9.17, 15) is 44.4 Å². The molecule has 3 saturated carbocycles. The molecule has 4 aliphatic carbocycles. The van der Waals surface area contributed by atoms with Crippen molar-refractivity contribution in [3.8, 4) is 0 Å². The van der Waals surface area contributed by atoms with Crippen LogP contribution in [0.3, 0.4) is 0 Å². The highest BCUT2D eigenvalue weighted by Crippen LogP contribution is 2.71. The quantitative estimate of drug-likeness (QED) is 0.374. The van der Waals surface area contributed by atoms with Crippen molar-refractivity contribution in [3.63, 3.8) is 0 Å². The van der Waals surface area contributed by atoms with Crippen molar-refractivity contribution in [2.45, 2.75) is 82.9 Å². The van der Waals surface area contributed by atoms with E-state index < -0.39 is 82.3 Å². The highest BCUT2D eigenvalue weighted by Gasteiger charge is 2.76. The van der Waals surface area contributed by atoms with Gasteiger partial charge in [0.2, 0.25) is 0 Å². The molecule has 0 aromatic heterocycles. The van der Waals surface area contributed by atoms with Gasteiger partial charge >= 0.3 is 11.9 Å². The zero-order valence-corrected chi connectivity index (χ0v) is 21.2. The largest absolute Gasteiger partial charge is 0.481 e. The number of carbonyl (C=O) groups excluding carboxylic acids is 3. The van der Waals surface area contributed by atoms with Gasteiger partial charge < -0.3 is 20.4 Å². The monoisotopic (exact) mass is 522 g/mol. The lowest BCUT2D eigenvalue weighted by Crippen LogP contribution is -2.70. The fourth-order valence-electron chi connectivity index (χ4n) is 8.61. The van der Waals surface area contributed by atoms with Gasteiger partial charge in [-0.05, 0) is 56.4 Å². The lowest BCUT2D eigenvalue weighted by Gasteiger charge is -2.63. The first kappa shape index (κ1) is 27.6. The van der Waals surface area contributed by atoms with E-state index in [1.165, 1.54) is 6.08 Å². The van der Waals surface area contributed by atoms with Crippen LogP contribution in [-0.2, 0) is 24.0 Å². The van der Waals surface area contributed by atoms with Crippen LogP contribution >= 0.6 is 0 Å². The van der Waals surface area contributed by atoms with Crippen molar-refractivity contribution < 1.29 is 48.8 Å². The number of alkyl halides is 1. The second kappa shape index (κ2) is 9.08. The van der Waals surface area contributed by atoms with Crippen molar-refractivity contribution in [1.29, 1.82) is 0 Å². The van der Waals surface area contributed by atoms with Crippen LogP contribution < -0.4 is 0 Å². The van der Waals surface area contributed by atoms with E-state index in [1.807, 2.05) is 0 Å². The predicted molar refractivity (Wildman–Crippen MR) is 126 cm³/mol. The molecule has 0 saturated heterocycles. The summed E-state index contributed by atoms with van der Waals surface area (Å²) in [5.41, 5.74) is -6.82. The average Bonchev–Trinajstić information content (AvgIpc) is 3.08. The molecule has 3 fully saturated rings. The number of allylic oxidation sites excluding steroid dienone is 1. The highest BCUT2D eigenvalue weighted by atomic mass is 19.1. The molecule has 204 valence electrons. The van der Waals surface area contributed by atoms with E-state index in [4.69, 9.17) is 0 Å². The maximum Gasteiger partial charge on any atom is 0.303 e. The van der Waals surface area contributed by atoms with E-state index in [0.29, 0.717) is 12.0 Å². The van der Waals surface area contributed by atoms with E-state index >= 15 is 4.39 Å². The minimum absolute atomic E-state index is 0.00496. The molecule has 0 aliphatic heterocycles. The van der Waals surface area contributed by atoms with E-state index in [0.717, 1.165) is 0 Å². The number of rotatable bonds is 8. The topological polar surface area (TPSA) is 166 Å². The van der Waals surface area contributed by atoms with E-state index in [1.54, 1.807) is 13.8 Å². The number of fused-ring (bicyclic) bond motifs is 5. The van der Waals surface area contributed by atoms with Gasteiger partial charge in [0.05, 0.1) is 0 Å². The van der Waals surface area contributed by atoms with Gasteiger partial charge in [-0.2, -0.15) is 0 Å². The third kappa shape index (κ3) is 3.66. The summed E-state index contributed by atoms with van der Waals surface area (Å²) in [4.78, 5) is 62.4. The molecule has 0 bridgehead atoms. The van der Waals surface area contributed by atoms with Crippen LogP contribution in [0.5, 0.6) is 0 Å². The van der Waals surface area contributed by atoms with E-state index in [-0.39, 0.29) is 50.7 Å². The molecular weight excluding hydrogens is 487 g/mol. The number of Topliss-reactive ketones (excluding diaryl/α,β-unsaturated/α-hetero) is 2. The number of halogens is 1. The maximum atomic E-state index is 17.8. The van der Waals surface area contributed by atoms with Gasteiger partial charge in [0.25, 0.3) is 0 Å². The van der Waals surface area contributed by atoms with Crippen molar-refractivity contribution >= 4 is 29.3 Å². The fourth-order valence-corrected chi connectivity index (χ4v) is 8.61. The molecule has 2 unspecified atom stereocenters. The van der Waals surface area contributed by atoms with Gasteiger partial charge in [0.1, 0.15) is 12.2 Å². The first-order valence-corrected chi connectivity index (χ1v) is 13.0. The van der Waals surface area contributed by atoms with Crippen LogP contribution in [0.25, 0.3) is 0 Å². The lowest BCUT2D eigenvalue weighted by molar-refractivity contribution is -0.197. The number of hydrogen-bond acceptors (Lipinski definition) is 7. The van der Waals surface area contributed by atoms with Crippen LogP contribution in [0.2, 0.25) is 0 Å². The van der Waals surface area contributed by atoms with Crippen molar-refractivity contribution in [3.05, 3.63) is 11.6 Å². The summed E-state index contributed by atoms with van der Waals surface area (Å²) >= 11 is 0. The fraction of sp³-hybridized carbons (Fsp3) is 0.741. The number of aliphatic carboxylic acids is 2. The summed E-state index contributed by atoms with van der Waals surface area (Å²) in [6.07, 6.45) is 0.758. The molecule has 0 spiro atoms. The third-order valence-electron chi connectivity index (χ3n) is 10.5. The Labute approximate surface area is 214 Å². The summed E-state index contributed by atoms with van der Waals surface area (Å²) in [7, 11) is 0. The number of aliphatic hydroxyl groups is 2. The SMILES string of the molecule is C[C@]12CC(=O)[C@@]3(F)[C@@H](CCC4=CC(=O)C(CCC(=O)O)C(CCC(=O)O)[C@@]43C)[C@@H]1CC[C@]2(O)C(=O)CO. The molecular formula is C27H35FO9. The molecule has 9 nitrogen and oxygen atoms in total. The molecule has 37 heavy (non-hydrogen) atoms. The Morgan fingerprint density at radius 3 is 2.24 bits per heavy atom. The Kier molecular flexibility index (Phi) is 6.77. The summed E-state index contributed by atoms with van der Waals surface area (Å²) in [6, 6.07) is 0. The van der Waals surface area contributed by atoms with Crippen LogP contribution in [0, 0.1) is 34.5 Å². The molecule has 0 radical (unpaired) electrons. The van der Waals surface area contributed by atoms with Crippen molar-refractivity contribution in [2.24, 2.45) is 34.5 Å². The minimum Gasteiger partial charge on any atom is -0.481 e.